The number of hydrogen-bond donors (Lipinski definition) is 2. The van der Waals surface area contributed by atoms with Gasteiger partial charge in [0.1, 0.15) is 0 Å². The van der Waals surface area contributed by atoms with Crippen molar-refractivity contribution in [3.8, 4) is 0 Å². The third-order valence-electron chi connectivity index (χ3n) is 4.70. The minimum Gasteiger partial charge on any atom is -0.455 e. The second-order valence-electron chi connectivity index (χ2n) is 7.68. The van der Waals surface area contributed by atoms with Crippen LogP contribution in [0.25, 0.3) is 0 Å². The normalized spacial score (nSPS) is 21.0. The number of nitrogens with one attached hydrogen (secondary N) is 2. The first kappa shape index (κ1) is 20.5. The summed E-state index contributed by atoms with van der Waals surface area (Å²) in [5.41, 5.74) is 0.264. The van der Waals surface area contributed by atoms with Crippen molar-refractivity contribution in [2.45, 2.75) is 66.2 Å². The molecule has 0 aliphatic heterocycles. The number of urea groups is 1. The molecule has 0 aromatic rings. The third-order valence-corrected chi connectivity index (χ3v) is 4.70. The van der Waals surface area contributed by atoms with Crippen LogP contribution in [-0.2, 0) is 14.3 Å². The van der Waals surface area contributed by atoms with Crippen molar-refractivity contribution >= 4 is 17.9 Å². The summed E-state index contributed by atoms with van der Waals surface area (Å²) in [6.07, 6.45) is 5.45. The second-order valence-corrected chi connectivity index (χ2v) is 7.68. The maximum atomic E-state index is 12.1. The second kappa shape index (κ2) is 9.64. The molecule has 0 bridgehead atoms. The highest BCUT2D eigenvalue weighted by Crippen LogP contribution is 2.40. The van der Waals surface area contributed by atoms with Crippen LogP contribution in [0.3, 0.4) is 0 Å². The van der Waals surface area contributed by atoms with Gasteiger partial charge in [0.25, 0.3) is 5.91 Å². The van der Waals surface area contributed by atoms with Gasteiger partial charge in [0.05, 0.1) is 5.92 Å². The van der Waals surface area contributed by atoms with Crippen LogP contribution >= 0.6 is 0 Å². The van der Waals surface area contributed by atoms with Crippen LogP contribution < -0.4 is 10.6 Å². The predicted molar refractivity (Wildman–Crippen MR) is 92.3 cm³/mol. The van der Waals surface area contributed by atoms with Gasteiger partial charge in [-0.1, -0.05) is 34.1 Å². The lowest BCUT2D eigenvalue weighted by atomic mass is 9.70. The highest BCUT2D eigenvalue weighted by molar-refractivity contribution is 5.95. The number of esters is 1. The molecule has 3 amide bonds. The fraction of sp³-hybridized carbons (Fsp3) is 0.833. The molecule has 0 saturated heterocycles. The minimum atomic E-state index is -0.597. The Morgan fingerprint density at radius 2 is 1.71 bits per heavy atom. The van der Waals surface area contributed by atoms with Gasteiger partial charge in [-0.15, -0.1) is 0 Å². The molecule has 24 heavy (non-hydrogen) atoms. The number of ether oxygens (including phenoxy) is 1. The lowest BCUT2D eigenvalue weighted by Crippen LogP contribution is -2.42. The zero-order valence-corrected chi connectivity index (χ0v) is 15.4. The van der Waals surface area contributed by atoms with Crippen LogP contribution in [0.5, 0.6) is 0 Å². The number of amides is 3. The highest BCUT2D eigenvalue weighted by atomic mass is 16.5. The average molecular weight is 340 g/mol. The van der Waals surface area contributed by atoms with E-state index in [-0.39, 0.29) is 17.3 Å². The van der Waals surface area contributed by atoms with Gasteiger partial charge >= 0.3 is 12.0 Å². The zero-order chi connectivity index (χ0) is 18.2. The van der Waals surface area contributed by atoms with Crippen molar-refractivity contribution in [2.24, 2.45) is 17.3 Å². The van der Waals surface area contributed by atoms with Crippen molar-refractivity contribution in [3.05, 3.63) is 0 Å². The number of rotatable bonds is 6. The monoisotopic (exact) mass is 340 g/mol. The standard InChI is InChI=1S/C18H32N2O4/c1-5-6-11-19-17(23)20-15(21)12-24-16(22)13-7-9-14(10-8-13)18(2,3)4/h13-14H,5-12H2,1-4H3,(H2,19,20,21,23). The maximum absolute atomic E-state index is 12.1. The Morgan fingerprint density at radius 3 is 2.25 bits per heavy atom. The van der Waals surface area contributed by atoms with Crippen LogP contribution in [0.2, 0.25) is 0 Å². The molecule has 6 heteroatoms. The molecular formula is C18H32N2O4. The number of hydrogen-bond acceptors (Lipinski definition) is 4. The van der Waals surface area contributed by atoms with E-state index >= 15 is 0 Å². The van der Waals surface area contributed by atoms with Crippen molar-refractivity contribution in [1.82, 2.24) is 10.6 Å². The molecule has 0 aromatic heterocycles. The van der Waals surface area contributed by atoms with Gasteiger partial charge in [0.2, 0.25) is 0 Å². The Balaban J connectivity index is 2.24. The number of unbranched alkanes of at least 4 members (excludes halogenated alkanes) is 1. The van der Waals surface area contributed by atoms with Crippen LogP contribution in [0, 0.1) is 17.3 Å². The highest BCUT2D eigenvalue weighted by Gasteiger charge is 2.33. The molecule has 0 radical (unpaired) electrons. The zero-order valence-electron chi connectivity index (χ0n) is 15.4. The summed E-state index contributed by atoms with van der Waals surface area (Å²) in [5.74, 6) is -0.434. The number of imide groups is 1. The Bertz CT molecular complexity index is 435. The third kappa shape index (κ3) is 7.32. The van der Waals surface area contributed by atoms with E-state index in [1.807, 2.05) is 6.92 Å². The number of carbonyl (C=O) groups is 3. The maximum Gasteiger partial charge on any atom is 0.321 e. The van der Waals surface area contributed by atoms with Crippen molar-refractivity contribution < 1.29 is 19.1 Å². The Hall–Kier alpha value is -1.59. The van der Waals surface area contributed by atoms with E-state index in [2.05, 4.69) is 31.4 Å². The van der Waals surface area contributed by atoms with Crippen molar-refractivity contribution in [1.29, 1.82) is 0 Å². The van der Waals surface area contributed by atoms with Gasteiger partial charge in [-0.3, -0.25) is 14.9 Å². The van der Waals surface area contributed by atoms with E-state index in [4.69, 9.17) is 4.74 Å². The molecule has 1 saturated carbocycles. The lowest BCUT2D eigenvalue weighted by Gasteiger charge is -2.36. The quantitative estimate of drug-likeness (QED) is 0.575. The SMILES string of the molecule is CCCCNC(=O)NC(=O)COC(=O)C1CCC(C(C)(C)C)CC1. The average Bonchev–Trinajstić information content (AvgIpc) is 2.52. The first-order valence-electron chi connectivity index (χ1n) is 8.98. The van der Waals surface area contributed by atoms with Gasteiger partial charge < -0.3 is 10.1 Å². The Labute approximate surface area is 145 Å². The molecule has 0 aromatic carbocycles. The summed E-state index contributed by atoms with van der Waals surface area (Å²) >= 11 is 0. The van der Waals surface area contributed by atoms with E-state index in [9.17, 15) is 14.4 Å². The van der Waals surface area contributed by atoms with Crippen molar-refractivity contribution in [2.75, 3.05) is 13.2 Å². The molecule has 2 N–H and O–H groups in total. The molecule has 1 fully saturated rings. The molecule has 0 unspecified atom stereocenters. The van der Waals surface area contributed by atoms with Gasteiger partial charge in [0.15, 0.2) is 6.61 Å². The van der Waals surface area contributed by atoms with E-state index < -0.39 is 18.5 Å². The Kier molecular flexibility index (Phi) is 8.22. The molecule has 138 valence electrons. The molecule has 0 spiro atoms. The van der Waals surface area contributed by atoms with Crippen LogP contribution in [-0.4, -0.2) is 31.1 Å². The van der Waals surface area contributed by atoms with Gasteiger partial charge in [-0.2, -0.15) is 0 Å². The predicted octanol–water partition coefficient (Wildman–Crippen LogP) is 3.01. The molecular weight excluding hydrogens is 308 g/mol. The summed E-state index contributed by atoms with van der Waals surface area (Å²) < 4.78 is 5.06. The van der Waals surface area contributed by atoms with Gasteiger partial charge in [-0.25, -0.2) is 4.79 Å². The molecule has 1 aliphatic rings. The smallest absolute Gasteiger partial charge is 0.321 e. The molecule has 0 heterocycles. The van der Waals surface area contributed by atoms with Crippen LogP contribution in [0.4, 0.5) is 4.79 Å². The summed E-state index contributed by atoms with van der Waals surface area (Å²) in [6.45, 7) is 8.81. The van der Waals surface area contributed by atoms with Crippen LogP contribution in [0.1, 0.15) is 66.2 Å². The Morgan fingerprint density at radius 1 is 1.08 bits per heavy atom. The summed E-state index contributed by atoms with van der Waals surface area (Å²) in [6, 6.07) is -0.546. The van der Waals surface area contributed by atoms with E-state index in [0.29, 0.717) is 12.5 Å². The van der Waals surface area contributed by atoms with Gasteiger partial charge in [0, 0.05) is 6.54 Å². The van der Waals surface area contributed by atoms with E-state index in [0.717, 1.165) is 38.5 Å². The summed E-state index contributed by atoms with van der Waals surface area (Å²) in [7, 11) is 0. The molecule has 6 nitrogen and oxygen atoms in total. The van der Waals surface area contributed by atoms with Crippen LogP contribution in [0.15, 0.2) is 0 Å². The van der Waals surface area contributed by atoms with E-state index in [1.54, 1.807) is 0 Å². The largest absolute Gasteiger partial charge is 0.455 e. The summed E-state index contributed by atoms with van der Waals surface area (Å²) in [4.78, 5) is 35.1. The number of carbonyl (C=O) groups excluding carboxylic acids is 3. The first-order chi connectivity index (χ1) is 11.2. The minimum absolute atomic E-state index is 0.130. The molecule has 1 aliphatic carbocycles. The molecule has 1 rings (SSSR count). The first-order valence-corrected chi connectivity index (χ1v) is 8.98. The van der Waals surface area contributed by atoms with Gasteiger partial charge in [-0.05, 0) is 43.4 Å². The summed E-state index contributed by atoms with van der Waals surface area (Å²) in [5, 5.41) is 4.73. The fourth-order valence-corrected chi connectivity index (χ4v) is 3.04. The van der Waals surface area contributed by atoms with Crippen molar-refractivity contribution in [3.63, 3.8) is 0 Å². The topological polar surface area (TPSA) is 84.5 Å². The van der Waals surface area contributed by atoms with E-state index in [1.165, 1.54) is 0 Å². The molecule has 0 atom stereocenters. The lowest BCUT2D eigenvalue weighted by molar-refractivity contribution is -0.153. The fourth-order valence-electron chi connectivity index (χ4n) is 3.04.